The van der Waals surface area contributed by atoms with Gasteiger partial charge in [0.25, 0.3) is 5.56 Å². The normalized spacial score (nSPS) is 11.4. The molecule has 4 nitrogen and oxygen atoms in total. The highest BCUT2D eigenvalue weighted by Gasteiger charge is 2.12. The summed E-state index contributed by atoms with van der Waals surface area (Å²) in [6.45, 7) is 4.76. The van der Waals surface area contributed by atoms with Gasteiger partial charge < -0.3 is 5.11 Å². The molecule has 0 saturated heterocycles. The van der Waals surface area contributed by atoms with Gasteiger partial charge in [-0.25, -0.2) is 4.98 Å². The van der Waals surface area contributed by atoms with E-state index in [1.54, 1.807) is 22.8 Å². The number of fused-ring (bicyclic) bond motifs is 1. The van der Waals surface area contributed by atoms with E-state index in [0.29, 0.717) is 39.3 Å². The van der Waals surface area contributed by atoms with Crippen LogP contribution in [-0.2, 0) is 6.54 Å². The molecule has 0 bridgehead atoms. The molecule has 2 aromatic rings. The van der Waals surface area contributed by atoms with Gasteiger partial charge in [0.05, 0.1) is 17.5 Å². The summed E-state index contributed by atoms with van der Waals surface area (Å²) >= 11 is 7.35. The molecule has 0 amide bonds. The Morgan fingerprint density at radius 2 is 2.20 bits per heavy atom. The largest absolute Gasteiger partial charge is 0.396 e. The molecule has 0 aliphatic carbocycles. The smallest absolute Gasteiger partial charge is 0.262 e. The molecule has 1 aromatic heterocycles. The molecule has 0 saturated carbocycles. The number of rotatable bonds is 5. The van der Waals surface area contributed by atoms with E-state index in [1.807, 2.05) is 0 Å². The SMILES string of the molecule is CC(C)Cn1c(SCCO)nc2ccc(Cl)cc2c1=O. The van der Waals surface area contributed by atoms with Crippen molar-refractivity contribution in [3.8, 4) is 0 Å². The molecule has 2 rings (SSSR count). The Morgan fingerprint density at radius 1 is 1.45 bits per heavy atom. The third-order valence-electron chi connectivity index (χ3n) is 2.75. The van der Waals surface area contributed by atoms with Crippen molar-refractivity contribution < 1.29 is 5.11 Å². The summed E-state index contributed by atoms with van der Waals surface area (Å²) in [7, 11) is 0. The van der Waals surface area contributed by atoms with E-state index in [0.717, 1.165) is 0 Å². The van der Waals surface area contributed by atoms with Crippen molar-refractivity contribution in [3.63, 3.8) is 0 Å². The Labute approximate surface area is 126 Å². The summed E-state index contributed by atoms with van der Waals surface area (Å²) in [5, 5.41) is 10.7. The first-order valence-corrected chi connectivity index (χ1v) is 7.83. The molecule has 1 N–H and O–H groups in total. The number of benzene rings is 1. The molecule has 0 unspecified atom stereocenters. The Morgan fingerprint density at radius 3 is 2.85 bits per heavy atom. The van der Waals surface area contributed by atoms with Crippen LogP contribution in [0.25, 0.3) is 10.9 Å². The molecule has 0 radical (unpaired) electrons. The molecule has 1 aromatic carbocycles. The average molecular weight is 313 g/mol. The standard InChI is InChI=1S/C14H17ClN2O2S/c1-9(2)8-17-13(19)11-7-10(15)3-4-12(11)16-14(17)20-6-5-18/h3-4,7,9,18H,5-6,8H2,1-2H3. The van der Waals surface area contributed by atoms with Crippen LogP contribution in [0.15, 0.2) is 28.2 Å². The van der Waals surface area contributed by atoms with E-state index in [1.165, 1.54) is 11.8 Å². The predicted octanol–water partition coefficient (Wildman–Crippen LogP) is 2.79. The zero-order valence-electron chi connectivity index (χ0n) is 11.5. The summed E-state index contributed by atoms with van der Waals surface area (Å²) in [4.78, 5) is 17.1. The monoisotopic (exact) mass is 312 g/mol. The van der Waals surface area contributed by atoms with E-state index in [2.05, 4.69) is 18.8 Å². The first-order chi connectivity index (χ1) is 9.52. The second kappa shape index (κ2) is 6.61. The molecule has 0 aliphatic rings. The average Bonchev–Trinajstić information content (AvgIpc) is 2.40. The van der Waals surface area contributed by atoms with Crippen LogP contribution in [0, 0.1) is 5.92 Å². The molecule has 0 aliphatic heterocycles. The Hall–Kier alpha value is -1.04. The van der Waals surface area contributed by atoms with Gasteiger partial charge in [0.2, 0.25) is 0 Å². The van der Waals surface area contributed by atoms with Gasteiger partial charge in [0.1, 0.15) is 0 Å². The van der Waals surface area contributed by atoms with Gasteiger partial charge >= 0.3 is 0 Å². The Balaban J connectivity index is 2.62. The van der Waals surface area contributed by atoms with Crippen LogP contribution in [0.3, 0.4) is 0 Å². The first kappa shape index (κ1) is 15.4. The quantitative estimate of drug-likeness (QED) is 0.681. The van der Waals surface area contributed by atoms with Crippen molar-refractivity contribution in [1.29, 1.82) is 0 Å². The second-order valence-electron chi connectivity index (χ2n) is 4.94. The van der Waals surface area contributed by atoms with E-state index >= 15 is 0 Å². The highest BCUT2D eigenvalue weighted by molar-refractivity contribution is 7.99. The Kier molecular flexibility index (Phi) is 5.07. The van der Waals surface area contributed by atoms with E-state index in [-0.39, 0.29) is 12.2 Å². The summed E-state index contributed by atoms with van der Waals surface area (Å²) < 4.78 is 1.67. The topological polar surface area (TPSA) is 55.1 Å². The number of aliphatic hydroxyl groups excluding tert-OH is 1. The molecule has 0 spiro atoms. The third kappa shape index (κ3) is 3.34. The van der Waals surface area contributed by atoms with Crippen molar-refractivity contribution in [1.82, 2.24) is 9.55 Å². The lowest BCUT2D eigenvalue weighted by Gasteiger charge is -2.14. The third-order valence-corrected chi connectivity index (χ3v) is 3.94. The molecule has 108 valence electrons. The number of thioether (sulfide) groups is 1. The number of hydrogen-bond acceptors (Lipinski definition) is 4. The first-order valence-electron chi connectivity index (χ1n) is 6.46. The number of halogens is 1. The fraction of sp³-hybridized carbons (Fsp3) is 0.429. The van der Waals surface area contributed by atoms with Crippen molar-refractivity contribution in [2.24, 2.45) is 5.92 Å². The zero-order valence-corrected chi connectivity index (χ0v) is 13.0. The van der Waals surface area contributed by atoms with Gasteiger partial charge in [-0.15, -0.1) is 0 Å². The van der Waals surface area contributed by atoms with Crippen molar-refractivity contribution in [3.05, 3.63) is 33.6 Å². The van der Waals surface area contributed by atoms with Crippen LogP contribution in [0.2, 0.25) is 5.02 Å². The molecular weight excluding hydrogens is 296 g/mol. The molecule has 6 heteroatoms. The number of aliphatic hydroxyl groups is 1. The lowest BCUT2D eigenvalue weighted by molar-refractivity contribution is 0.322. The Bertz CT molecular complexity index is 670. The molecule has 0 fully saturated rings. The van der Waals surface area contributed by atoms with Crippen molar-refractivity contribution in [2.75, 3.05) is 12.4 Å². The maximum absolute atomic E-state index is 12.6. The number of nitrogens with zero attached hydrogens (tertiary/aromatic N) is 2. The maximum Gasteiger partial charge on any atom is 0.262 e. The summed E-state index contributed by atoms with van der Waals surface area (Å²) in [6.07, 6.45) is 0. The maximum atomic E-state index is 12.6. The van der Waals surface area contributed by atoms with E-state index < -0.39 is 0 Å². The molecule has 20 heavy (non-hydrogen) atoms. The lowest BCUT2D eigenvalue weighted by atomic mass is 10.2. The minimum atomic E-state index is -0.0772. The van der Waals surface area contributed by atoms with E-state index in [4.69, 9.17) is 16.7 Å². The van der Waals surface area contributed by atoms with Crippen LogP contribution in [0.5, 0.6) is 0 Å². The minimum Gasteiger partial charge on any atom is -0.396 e. The minimum absolute atomic E-state index is 0.0564. The molecule has 0 atom stereocenters. The van der Waals surface area contributed by atoms with Crippen LogP contribution in [-0.4, -0.2) is 27.0 Å². The van der Waals surface area contributed by atoms with Gasteiger partial charge in [-0.1, -0.05) is 37.2 Å². The lowest BCUT2D eigenvalue weighted by Crippen LogP contribution is -2.25. The summed E-state index contributed by atoms with van der Waals surface area (Å²) in [6, 6.07) is 5.13. The predicted molar refractivity (Wildman–Crippen MR) is 83.7 cm³/mol. The van der Waals surface area contributed by atoms with E-state index in [9.17, 15) is 4.79 Å². The highest BCUT2D eigenvalue weighted by atomic mass is 35.5. The highest BCUT2D eigenvalue weighted by Crippen LogP contribution is 2.20. The van der Waals surface area contributed by atoms with Crippen molar-refractivity contribution in [2.45, 2.75) is 25.5 Å². The number of aromatic nitrogens is 2. The van der Waals surface area contributed by atoms with Gasteiger partial charge in [0.15, 0.2) is 5.16 Å². The zero-order chi connectivity index (χ0) is 14.7. The van der Waals surface area contributed by atoms with Gasteiger partial charge in [-0.05, 0) is 24.1 Å². The van der Waals surface area contributed by atoms with Gasteiger partial charge in [0, 0.05) is 17.3 Å². The van der Waals surface area contributed by atoms with Crippen LogP contribution in [0.4, 0.5) is 0 Å². The van der Waals surface area contributed by atoms with Gasteiger partial charge in [-0.2, -0.15) is 0 Å². The number of hydrogen-bond donors (Lipinski definition) is 1. The fourth-order valence-electron chi connectivity index (χ4n) is 1.95. The molecular formula is C14H17ClN2O2S. The van der Waals surface area contributed by atoms with Crippen LogP contribution < -0.4 is 5.56 Å². The van der Waals surface area contributed by atoms with Crippen LogP contribution in [0.1, 0.15) is 13.8 Å². The second-order valence-corrected chi connectivity index (χ2v) is 6.44. The van der Waals surface area contributed by atoms with Crippen LogP contribution >= 0.6 is 23.4 Å². The van der Waals surface area contributed by atoms with Crippen molar-refractivity contribution >= 4 is 34.3 Å². The van der Waals surface area contributed by atoms with Gasteiger partial charge in [-0.3, -0.25) is 9.36 Å². The molecule has 1 heterocycles. The summed E-state index contributed by atoms with van der Waals surface area (Å²) in [5.74, 6) is 0.850. The summed E-state index contributed by atoms with van der Waals surface area (Å²) in [5.41, 5.74) is 0.562. The fourth-order valence-corrected chi connectivity index (χ4v) is 2.87.